The Morgan fingerprint density at radius 2 is 2.12 bits per heavy atom. The van der Waals surface area contributed by atoms with E-state index in [2.05, 4.69) is 5.32 Å². The van der Waals surface area contributed by atoms with Crippen LogP contribution in [-0.2, 0) is 11.2 Å². The van der Waals surface area contributed by atoms with Gasteiger partial charge < -0.3 is 10.4 Å². The van der Waals surface area contributed by atoms with Crippen LogP contribution in [0, 0.1) is 11.7 Å². The molecule has 1 fully saturated rings. The molecule has 0 aromatic heterocycles. The van der Waals surface area contributed by atoms with Gasteiger partial charge in [-0.15, -0.1) is 0 Å². The van der Waals surface area contributed by atoms with E-state index in [1.165, 1.54) is 6.07 Å². The number of rotatable bonds is 2. The predicted octanol–water partition coefficient (Wildman–Crippen LogP) is 2.15. The van der Waals surface area contributed by atoms with E-state index in [1.807, 2.05) is 0 Å². The summed E-state index contributed by atoms with van der Waals surface area (Å²) in [4.78, 5) is 11.2. The van der Waals surface area contributed by atoms with Crippen LogP contribution < -0.4 is 5.32 Å². The smallest absolute Gasteiger partial charge is 0.224 e. The van der Waals surface area contributed by atoms with Gasteiger partial charge in [0.25, 0.3) is 0 Å². The van der Waals surface area contributed by atoms with Crippen molar-refractivity contribution in [3.63, 3.8) is 0 Å². The molecule has 3 nitrogen and oxygen atoms in total. The number of benzene rings is 1. The molecule has 0 radical (unpaired) electrons. The second-order valence-electron chi connectivity index (χ2n) is 4.86. The summed E-state index contributed by atoms with van der Waals surface area (Å²) in [6, 6.07) is 3.03. The molecule has 1 aliphatic carbocycles. The van der Waals surface area contributed by atoms with Gasteiger partial charge in [0, 0.05) is 17.7 Å². The normalized spacial score (nSPS) is 20.7. The standard InChI is InChI=1S/C13H14FNO2/c14-10-6-11-8(3-4-12(16)15-11)5-9(10)13(17)7-1-2-7/h5-7,13,17H,1-4H2,(H,15,16). The minimum atomic E-state index is -0.696. The predicted molar refractivity (Wildman–Crippen MR) is 61.0 cm³/mol. The van der Waals surface area contributed by atoms with Crippen LogP contribution in [0.25, 0.3) is 0 Å². The summed E-state index contributed by atoms with van der Waals surface area (Å²) < 4.78 is 13.8. The summed E-state index contributed by atoms with van der Waals surface area (Å²) in [5.41, 5.74) is 1.84. The van der Waals surface area contributed by atoms with E-state index in [4.69, 9.17) is 0 Å². The number of fused-ring (bicyclic) bond motifs is 1. The summed E-state index contributed by atoms with van der Waals surface area (Å²) in [6.45, 7) is 0. The molecule has 0 bridgehead atoms. The van der Waals surface area contributed by atoms with Gasteiger partial charge in [-0.2, -0.15) is 0 Å². The maximum Gasteiger partial charge on any atom is 0.224 e. The number of halogens is 1. The number of carbonyl (C=O) groups excluding carboxylic acids is 1. The number of hydrogen-bond acceptors (Lipinski definition) is 2. The van der Waals surface area contributed by atoms with Gasteiger partial charge in [-0.25, -0.2) is 4.39 Å². The van der Waals surface area contributed by atoms with Crippen molar-refractivity contribution in [1.82, 2.24) is 0 Å². The molecular formula is C13H14FNO2. The number of aliphatic hydroxyl groups is 1. The number of aryl methyl sites for hydroxylation is 1. The van der Waals surface area contributed by atoms with Crippen LogP contribution >= 0.6 is 0 Å². The van der Waals surface area contributed by atoms with Crippen molar-refractivity contribution in [3.05, 3.63) is 29.1 Å². The number of carbonyl (C=O) groups is 1. The second-order valence-corrected chi connectivity index (χ2v) is 4.86. The average molecular weight is 235 g/mol. The van der Waals surface area contributed by atoms with E-state index in [1.54, 1.807) is 6.07 Å². The first-order valence-electron chi connectivity index (χ1n) is 5.95. The molecule has 90 valence electrons. The molecule has 2 aliphatic rings. The molecule has 1 amide bonds. The van der Waals surface area contributed by atoms with E-state index in [-0.39, 0.29) is 11.8 Å². The largest absolute Gasteiger partial charge is 0.388 e. The quantitative estimate of drug-likeness (QED) is 0.825. The molecule has 1 saturated carbocycles. The van der Waals surface area contributed by atoms with E-state index in [9.17, 15) is 14.3 Å². The monoisotopic (exact) mass is 235 g/mol. The van der Waals surface area contributed by atoms with Crippen molar-refractivity contribution in [2.45, 2.75) is 31.8 Å². The van der Waals surface area contributed by atoms with Crippen molar-refractivity contribution in [2.24, 2.45) is 5.92 Å². The third kappa shape index (κ3) is 1.93. The van der Waals surface area contributed by atoms with Gasteiger partial charge in [-0.1, -0.05) is 0 Å². The third-order valence-electron chi connectivity index (χ3n) is 3.51. The summed E-state index contributed by atoms with van der Waals surface area (Å²) in [7, 11) is 0. The first-order valence-corrected chi connectivity index (χ1v) is 5.95. The van der Waals surface area contributed by atoms with Gasteiger partial charge in [0.1, 0.15) is 5.82 Å². The zero-order valence-corrected chi connectivity index (χ0v) is 9.37. The molecule has 3 rings (SSSR count). The van der Waals surface area contributed by atoms with Crippen LogP contribution in [0.1, 0.15) is 36.5 Å². The summed E-state index contributed by atoms with van der Waals surface area (Å²) in [5.74, 6) is -0.293. The topological polar surface area (TPSA) is 49.3 Å². The third-order valence-corrected chi connectivity index (χ3v) is 3.51. The van der Waals surface area contributed by atoms with Gasteiger partial charge in [0.05, 0.1) is 6.10 Å². The zero-order valence-electron chi connectivity index (χ0n) is 9.37. The van der Waals surface area contributed by atoms with Gasteiger partial charge in [-0.3, -0.25) is 4.79 Å². The maximum atomic E-state index is 13.8. The minimum absolute atomic E-state index is 0.0765. The van der Waals surface area contributed by atoms with Gasteiger partial charge >= 0.3 is 0 Å². The van der Waals surface area contributed by atoms with E-state index < -0.39 is 11.9 Å². The Bertz CT molecular complexity index is 483. The molecule has 1 heterocycles. The highest BCUT2D eigenvalue weighted by Crippen LogP contribution is 2.42. The Hall–Kier alpha value is -1.42. The van der Waals surface area contributed by atoms with E-state index >= 15 is 0 Å². The molecule has 0 spiro atoms. The summed E-state index contributed by atoms with van der Waals surface area (Å²) >= 11 is 0. The average Bonchev–Trinajstić information content (AvgIpc) is 3.11. The first kappa shape index (κ1) is 10.7. The number of anilines is 1. The number of hydrogen-bond donors (Lipinski definition) is 2. The fraction of sp³-hybridized carbons (Fsp3) is 0.462. The highest BCUT2D eigenvalue weighted by atomic mass is 19.1. The lowest BCUT2D eigenvalue weighted by Crippen LogP contribution is -2.20. The van der Waals surface area contributed by atoms with Gasteiger partial charge in [-0.05, 0) is 42.9 Å². The fourth-order valence-electron chi connectivity index (χ4n) is 2.31. The maximum absolute atomic E-state index is 13.8. The Balaban J connectivity index is 1.98. The Kier molecular flexibility index (Phi) is 2.40. The highest BCUT2D eigenvalue weighted by molar-refractivity contribution is 5.93. The molecule has 1 aromatic rings. The number of aliphatic hydroxyl groups excluding tert-OH is 1. The number of nitrogens with one attached hydrogen (secondary N) is 1. The van der Waals surface area contributed by atoms with E-state index in [0.717, 1.165) is 18.4 Å². The van der Waals surface area contributed by atoms with E-state index in [0.29, 0.717) is 24.1 Å². The molecule has 0 saturated heterocycles. The highest BCUT2D eigenvalue weighted by Gasteiger charge is 2.33. The number of amides is 1. The van der Waals surface area contributed by atoms with Crippen LogP contribution in [0.2, 0.25) is 0 Å². The van der Waals surface area contributed by atoms with Crippen LogP contribution in [0.3, 0.4) is 0 Å². The van der Waals surface area contributed by atoms with Crippen LogP contribution in [0.15, 0.2) is 12.1 Å². The Labute approximate surface area is 98.6 Å². The second kappa shape index (κ2) is 3.81. The van der Waals surface area contributed by atoms with Crippen molar-refractivity contribution in [1.29, 1.82) is 0 Å². The van der Waals surface area contributed by atoms with Crippen molar-refractivity contribution in [2.75, 3.05) is 5.32 Å². The summed E-state index contributed by atoms with van der Waals surface area (Å²) in [6.07, 6.45) is 2.28. The van der Waals surface area contributed by atoms with Gasteiger partial charge in [0.2, 0.25) is 5.91 Å². The fourth-order valence-corrected chi connectivity index (χ4v) is 2.31. The molecule has 1 unspecified atom stereocenters. The van der Waals surface area contributed by atoms with Crippen LogP contribution in [0.5, 0.6) is 0 Å². The lowest BCUT2D eigenvalue weighted by atomic mass is 9.96. The molecule has 2 N–H and O–H groups in total. The summed E-state index contributed by atoms with van der Waals surface area (Å²) in [5, 5.41) is 12.6. The van der Waals surface area contributed by atoms with Crippen LogP contribution in [0.4, 0.5) is 10.1 Å². The molecule has 1 atom stereocenters. The first-order chi connectivity index (χ1) is 8.15. The lowest BCUT2D eigenvalue weighted by molar-refractivity contribution is -0.116. The lowest BCUT2D eigenvalue weighted by Gasteiger charge is -2.20. The SMILES string of the molecule is O=C1CCc2cc(C(O)C3CC3)c(F)cc2N1. The van der Waals surface area contributed by atoms with Crippen molar-refractivity contribution < 1.29 is 14.3 Å². The van der Waals surface area contributed by atoms with Crippen molar-refractivity contribution in [3.8, 4) is 0 Å². The molecule has 1 aromatic carbocycles. The Morgan fingerprint density at radius 1 is 1.35 bits per heavy atom. The molecule has 1 aliphatic heterocycles. The van der Waals surface area contributed by atoms with Crippen molar-refractivity contribution >= 4 is 11.6 Å². The zero-order chi connectivity index (χ0) is 12.0. The molecule has 17 heavy (non-hydrogen) atoms. The minimum Gasteiger partial charge on any atom is -0.388 e. The molecule has 4 heteroatoms. The molecular weight excluding hydrogens is 221 g/mol. The van der Waals surface area contributed by atoms with Crippen LogP contribution in [-0.4, -0.2) is 11.0 Å². The van der Waals surface area contributed by atoms with Gasteiger partial charge in [0.15, 0.2) is 0 Å². The Morgan fingerprint density at radius 3 is 2.82 bits per heavy atom.